The molecule has 2 heterocycles. The lowest BCUT2D eigenvalue weighted by atomic mass is 9.80. The molecule has 2 atom stereocenters. The van der Waals surface area contributed by atoms with Gasteiger partial charge in [0, 0.05) is 19.6 Å². The van der Waals surface area contributed by atoms with E-state index in [1.807, 2.05) is 0 Å². The molecule has 0 aromatic carbocycles. The Bertz CT molecular complexity index is 241. The van der Waals surface area contributed by atoms with Gasteiger partial charge in [0.25, 0.3) is 0 Å². The van der Waals surface area contributed by atoms with Gasteiger partial charge in [0.05, 0.1) is 0 Å². The summed E-state index contributed by atoms with van der Waals surface area (Å²) in [6.45, 7) is 16.0. The summed E-state index contributed by atoms with van der Waals surface area (Å²) < 4.78 is 0. The van der Waals surface area contributed by atoms with Gasteiger partial charge in [-0.3, -0.25) is 0 Å². The highest BCUT2D eigenvalue weighted by Crippen LogP contribution is 2.35. The summed E-state index contributed by atoms with van der Waals surface area (Å²) >= 11 is 0. The van der Waals surface area contributed by atoms with Gasteiger partial charge >= 0.3 is 0 Å². The Morgan fingerprint density at radius 3 is 2.53 bits per heavy atom. The highest BCUT2D eigenvalue weighted by atomic mass is 35.5. The first-order valence-electron chi connectivity index (χ1n) is 6.82. The van der Waals surface area contributed by atoms with Crippen LogP contribution in [0, 0.1) is 16.7 Å². The number of nitrogens with zero attached hydrogens (tertiary/aromatic N) is 1. The fourth-order valence-corrected chi connectivity index (χ4v) is 3.23. The van der Waals surface area contributed by atoms with Crippen molar-refractivity contribution in [3.05, 3.63) is 0 Å². The number of hydrogen-bond donors (Lipinski definition) is 1. The second kappa shape index (κ2) is 5.46. The maximum Gasteiger partial charge on any atom is 0.00481 e. The van der Waals surface area contributed by atoms with Crippen molar-refractivity contribution < 1.29 is 0 Å². The molecule has 0 spiro atoms. The fourth-order valence-electron chi connectivity index (χ4n) is 3.23. The van der Waals surface area contributed by atoms with E-state index >= 15 is 0 Å². The third-order valence-corrected chi connectivity index (χ3v) is 4.56. The Kier molecular flexibility index (Phi) is 4.90. The lowest BCUT2D eigenvalue weighted by Crippen LogP contribution is -2.37. The lowest BCUT2D eigenvalue weighted by molar-refractivity contribution is 0.180. The number of hydrogen-bond acceptors (Lipinski definition) is 2. The van der Waals surface area contributed by atoms with Gasteiger partial charge in [0.2, 0.25) is 0 Å². The minimum Gasteiger partial charge on any atom is -0.316 e. The van der Waals surface area contributed by atoms with Crippen LogP contribution < -0.4 is 5.32 Å². The van der Waals surface area contributed by atoms with Crippen molar-refractivity contribution in [3.63, 3.8) is 0 Å². The normalized spacial score (nSPS) is 34.9. The first kappa shape index (κ1) is 15.3. The van der Waals surface area contributed by atoms with Crippen LogP contribution in [0.1, 0.15) is 40.5 Å². The summed E-state index contributed by atoms with van der Waals surface area (Å²) in [7, 11) is 0. The molecule has 3 heteroatoms. The van der Waals surface area contributed by atoms with E-state index in [1.165, 1.54) is 45.6 Å². The van der Waals surface area contributed by atoms with Crippen molar-refractivity contribution in [2.75, 3.05) is 32.7 Å². The average Bonchev–Trinajstić information content (AvgIpc) is 2.74. The van der Waals surface area contributed by atoms with Crippen molar-refractivity contribution in [2.24, 2.45) is 16.7 Å². The third kappa shape index (κ3) is 3.84. The molecule has 2 rings (SSSR count). The van der Waals surface area contributed by atoms with Crippen molar-refractivity contribution in [2.45, 2.75) is 40.5 Å². The third-order valence-electron chi connectivity index (χ3n) is 4.56. The minimum atomic E-state index is 0. The first-order chi connectivity index (χ1) is 7.39. The van der Waals surface area contributed by atoms with Gasteiger partial charge < -0.3 is 10.2 Å². The maximum atomic E-state index is 3.50. The van der Waals surface area contributed by atoms with Crippen LogP contribution in [0.2, 0.25) is 0 Å². The second-order valence-corrected chi connectivity index (χ2v) is 7.32. The predicted octanol–water partition coefficient (Wildman–Crippen LogP) is 2.78. The molecule has 0 radical (unpaired) electrons. The van der Waals surface area contributed by atoms with Crippen LogP contribution in [0.3, 0.4) is 0 Å². The second-order valence-electron chi connectivity index (χ2n) is 7.32. The highest BCUT2D eigenvalue weighted by Gasteiger charge is 2.36. The zero-order valence-corrected chi connectivity index (χ0v) is 12.7. The Morgan fingerprint density at radius 1 is 1.35 bits per heavy atom. The molecule has 0 saturated carbocycles. The monoisotopic (exact) mass is 260 g/mol. The molecule has 1 N–H and O–H groups in total. The van der Waals surface area contributed by atoms with Gasteiger partial charge in [-0.15, -0.1) is 12.4 Å². The standard InChI is InChI=1S/C14H28N2.ClH/c1-13(2,3)12-5-8-16(9-12)11-14(4)6-7-15-10-14;/h12,15H,5-11H2,1-4H3;1H. The van der Waals surface area contributed by atoms with E-state index < -0.39 is 0 Å². The van der Waals surface area contributed by atoms with E-state index in [0.29, 0.717) is 10.8 Å². The fraction of sp³-hybridized carbons (Fsp3) is 1.00. The van der Waals surface area contributed by atoms with E-state index in [4.69, 9.17) is 0 Å². The van der Waals surface area contributed by atoms with Gasteiger partial charge in [-0.1, -0.05) is 27.7 Å². The molecule has 2 unspecified atom stereocenters. The van der Waals surface area contributed by atoms with E-state index in [-0.39, 0.29) is 12.4 Å². The maximum absolute atomic E-state index is 3.50. The summed E-state index contributed by atoms with van der Waals surface area (Å²) in [5.74, 6) is 0.894. The summed E-state index contributed by atoms with van der Waals surface area (Å²) in [6.07, 6.45) is 2.75. The van der Waals surface area contributed by atoms with Gasteiger partial charge in [0.1, 0.15) is 0 Å². The molecule has 2 aliphatic heterocycles. The Balaban J connectivity index is 0.00000144. The van der Waals surface area contributed by atoms with Crippen LogP contribution in [-0.4, -0.2) is 37.6 Å². The average molecular weight is 261 g/mol. The Morgan fingerprint density at radius 2 is 2.06 bits per heavy atom. The molecule has 2 aliphatic rings. The van der Waals surface area contributed by atoms with Crippen LogP contribution in [0.5, 0.6) is 0 Å². The van der Waals surface area contributed by atoms with E-state index in [1.54, 1.807) is 0 Å². The molecule has 2 fully saturated rings. The van der Waals surface area contributed by atoms with Crippen molar-refractivity contribution in [1.29, 1.82) is 0 Å². The predicted molar refractivity (Wildman–Crippen MR) is 76.8 cm³/mol. The van der Waals surface area contributed by atoms with Crippen LogP contribution >= 0.6 is 12.4 Å². The molecular weight excluding hydrogens is 232 g/mol. The summed E-state index contributed by atoms with van der Waals surface area (Å²) in [5, 5.41) is 3.50. The molecule has 0 bridgehead atoms. The van der Waals surface area contributed by atoms with Crippen molar-refractivity contribution in [1.82, 2.24) is 10.2 Å². The van der Waals surface area contributed by atoms with Gasteiger partial charge in [0.15, 0.2) is 0 Å². The van der Waals surface area contributed by atoms with Crippen LogP contribution in [0.4, 0.5) is 0 Å². The van der Waals surface area contributed by atoms with Crippen molar-refractivity contribution in [3.8, 4) is 0 Å². The SMILES string of the molecule is CC1(CN2CCC(C(C)(C)C)C2)CCNC1.Cl. The molecule has 2 nitrogen and oxygen atoms in total. The van der Waals surface area contributed by atoms with Gasteiger partial charge in [-0.25, -0.2) is 0 Å². The van der Waals surface area contributed by atoms with E-state index in [9.17, 15) is 0 Å². The van der Waals surface area contributed by atoms with E-state index in [2.05, 4.69) is 37.9 Å². The zero-order valence-electron chi connectivity index (χ0n) is 11.9. The molecule has 102 valence electrons. The molecule has 17 heavy (non-hydrogen) atoms. The molecule has 2 saturated heterocycles. The van der Waals surface area contributed by atoms with Crippen molar-refractivity contribution >= 4 is 12.4 Å². The number of rotatable bonds is 2. The Hall–Kier alpha value is 0.210. The molecule has 0 amide bonds. The number of likely N-dealkylation sites (tertiary alicyclic amines) is 1. The summed E-state index contributed by atoms with van der Waals surface area (Å²) in [6, 6.07) is 0. The highest BCUT2D eigenvalue weighted by molar-refractivity contribution is 5.85. The summed E-state index contributed by atoms with van der Waals surface area (Å²) in [4.78, 5) is 2.70. The lowest BCUT2D eigenvalue weighted by Gasteiger charge is -2.31. The Labute approximate surface area is 113 Å². The minimum absolute atomic E-state index is 0. The molecule has 0 aromatic heterocycles. The van der Waals surface area contributed by atoms with E-state index in [0.717, 1.165) is 5.92 Å². The molecule has 0 aromatic rings. The largest absolute Gasteiger partial charge is 0.316 e. The topological polar surface area (TPSA) is 15.3 Å². The van der Waals surface area contributed by atoms with Crippen LogP contribution in [-0.2, 0) is 0 Å². The van der Waals surface area contributed by atoms with Gasteiger partial charge in [-0.2, -0.15) is 0 Å². The smallest absolute Gasteiger partial charge is 0.00481 e. The first-order valence-corrected chi connectivity index (χ1v) is 6.82. The zero-order chi connectivity index (χ0) is 11.8. The van der Waals surface area contributed by atoms with Crippen LogP contribution in [0.25, 0.3) is 0 Å². The number of nitrogens with one attached hydrogen (secondary N) is 1. The van der Waals surface area contributed by atoms with Crippen LogP contribution in [0.15, 0.2) is 0 Å². The molecule has 0 aliphatic carbocycles. The molecular formula is C14H29ClN2. The quantitative estimate of drug-likeness (QED) is 0.822. The number of halogens is 1. The van der Waals surface area contributed by atoms with Gasteiger partial charge in [-0.05, 0) is 42.7 Å². The summed E-state index contributed by atoms with van der Waals surface area (Å²) in [5.41, 5.74) is 1.02.